The minimum absolute atomic E-state index is 0.146. The van der Waals surface area contributed by atoms with E-state index in [1.54, 1.807) is 7.11 Å². The number of carbonyl (C=O) groups is 1. The van der Waals surface area contributed by atoms with E-state index in [0.717, 1.165) is 42.3 Å². The monoisotopic (exact) mass is 440 g/mol. The third-order valence-corrected chi connectivity index (χ3v) is 8.64. The number of fused-ring (bicyclic) bond motifs is 1. The lowest BCUT2D eigenvalue weighted by Gasteiger charge is -2.61. The third-order valence-electron chi connectivity index (χ3n) is 8.64. The maximum Gasteiger partial charge on any atom is 0.226 e. The van der Waals surface area contributed by atoms with Crippen LogP contribution in [0, 0.1) is 17.3 Å². The Kier molecular flexibility index (Phi) is 4.93. The van der Waals surface area contributed by atoms with Crippen molar-refractivity contribution in [3.05, 3.63) is 71.9 Å². The molecule has 2 unspecified atom stereocenters. The summed E-state index contributed by atoms with van der Waals surface area (Å²) < 4.78 is 5.39. The number of aromatic nitrogens is 1. The number of nitrogens with zero attached hydrogens (tertiary/aromatic N) is 1. The van der Waals surface area contributed by atoms with E-state index in [4.69, 9.17) is 4.74 Å². The van der Waals surface area contributed by atoms with E-state index in [2.05, 4.69) is 58.8 Å². The van der Waals surface area contributed by atoms with Gasteiger partial charge in [-0.3, -0.25) is 9.78 Å². The highest BCUT2D eigenvalue weighted by molar-refractivity contribution is 5.84. The van der Waals surface area contributed by atoms with E-state index in [1.165, 1.54) is 30.4 Å². The lowest BCUT2D eigenvalue weighted by atomic mass is 9.42. The predicted molar refractivity (Wildman–Crippen MR) is 130 cm³/mol. The molecule has 1 N–H and O–H groups in total. The van der Waals surface area contributed by atoms with Crippen molar-refractivity contribution in [1.29, 1.82) is 0 Å². The van der Waals surface area contributed by atoms with Crippen LogP contribution in [0.5, 0.6) is 5.75 Å². The fourth-order valence-corrected chi connectivity index (χ4v) is 7.68. The van der Waals surface area contributed by atoms with Crippen LogP contribution < -0.4 is 10.1 Å². The highest BCUT2D eigenvalue weighted by Crippen LogP contribution is 2.65. The average Bonchev–Trinajstić information content (AvgIpc) is 2.83. The number of methoxy groups -OCH3 is 1. The molecule has 4 aliphatic carbocycles. The average molecular weight is 441 g/mol. The lowest BCUT2D eigenvalue weighted by Crippen LogP contribution is -2.59. The second-order valence-electron chi connectivity index (χ2n) is 10.7. The van der Waals surface area contributed by atoms with E-state index in [1.807, 2.05) is 12.3 Å². The first kappa shape index (κ1) is 20.7. The van der Waals surface area contributed by atoms with Crippen LogP contribution in [0.3, 0.4) is 0 Å². The van der Waals surface area contributed by atoms with Crippen molar-refractivity contribution < 1.29 is 9.53 Å². The molecule has 1 aromatic heterocycles. The molecular formula is C29H32N2O2. The first-order chi connectivity index (χ1) is 16.1. The Hall–Kier alpha value is -2.88. The van der Waals surface area contributed by atoms with Crippen LogP contribution in [0.2, 0.25) is 0 Å². The summed E-state index contributed by atoms with van der Waals surface area (Å²) in [5, 5.41) is 4.51. The standard InChI is InChI=1S/C29H32N2O2/c1-33-25-9-7-24(8-10-25)28-15-20-14-21(16-28)18-29(17-20,19-28)27(32)31-13-11-23-5-2-4-22-6-3-12-30-26(22)23/h2-10,12,20-21H,11,13-19H2,1H3,(H,31,32). The second-order valence-corrected chi connectivity index (χ2v) is 10.7. The Morgan fingerprint density at radius 1 is 1.03 bits per heavy atom. The molecule has 0 aliphatic heterocycles. The van der Waals surface area contributed by atoms with Crippen molar-refractivity contribution >= 4 is 16.8 Å². The van der Waals surface area contributed by atoms with Crippen molar-refractivity contribution in [2.75, 3.05) is 13.7 Å². The molecule has 4 heteroatoms. The van der Waals surface area contributed by atoms with Gasteiger partial charge >= 0.3 is 0 Å². The molecule has 0 radical (unpaired) electrons. The Morgan fingerprint density at radius 2 is 1.79 bits per heavy atom. The van der Waals surface area contributed by atoms with Gasteiger partial charge in [0.25, 0.3) is 0 Å². The van der Waals surface area contributed by atoms with Crippen LogP contribution in [0.15, 0.2) is 60.8 Å². The number of carbonyl (C=O) groups excluding carboxylic acids is 1. The number of hydrogen-bond donors (Lipinski definition) is 1. The van der Waals surface area contributed by atoms with Gasteiger partial charge in [-0.05, 0) is 91.5 Å². The van der Waals surface area contributed by atoms with E-state index in [9.17, 15) is 4.79 Å². The molecule has 1 amide bonds. The Balaban J connectivity index is 1.20. The SMILES string of the molecule is COc1ccc(C23CC4CC(CC(C(=O)NCCc5cccc6cccnc56)(C4)C2)C3)cc1. The second kappa shape index (κ2) is 7.86. The van der Waals surface area contributed by atoms with Crippen molar-refractivity contribution in [2.45, 2.75) is 50.4 Å². The molecule has 0 spiro atoms. The van der Waals surface area contributed by atoms with Crippen LogP contribution in [-0.2, 0) is 16.6 Å². The fourth-order valence-electron chi connectivity index (χ4n) is 7.68. The van der Waals surface area contributed by atoms with E-state index < -0.39 is 0 Å². The first-order valence-corrected chi connectivity index (χ1v) is 12.3. The quantitative estimate of drug-likeness (QED) is 0.555. The van der Waals surface area contributed by atoms with Crippen molar-refractivity contribution in [3.8, 4) is 5.75 Å². The molecule has 7 rings (SSSR count). The number of rotatable bonds is 6. The number of para-hydroxylation sites is 1. The lowest BCUT2D eigenvalue weighted by molar-refractivity contribution is -0.149. The molecule has 2 atom stereocenters. The van der Waals surface area contributed by atoms with E-state index in [0.29, 0.717) is 18.4 Å². The fraction of sp³-hybridized carbons (Fsp3) is 0.448. The predicted octanol–water partition coefficient (Wildman–Crippen LogP) is 5.44. The molecule has 170 valence electrons. The molecule has 33 heavy (non-hydrogen) atoms. The zero-order valence-corrected chi connectivity index (χ0v) is 19.3. The van der Waals surface area contributed by atoms with Crippen molar-refractivity contribution in [3.63, 3.8) is 0 Å². The van der Waals surface area contributed by atoms with Gasteiger partial charge in [0.05, 0.1) is 18.0 Å². The zero-order chi connectivity index (χ0) is 22.5. The van der Waals surface area contributed by atoms with Crippen molar-refractivity contribution in [2.24, 2.45) is 17.3 Å². The minimum atomic E-state index is -0.207. The molecule has 2 aromatic carbocycles. The van der Waals surface area contributed by atoms with Gasteiger partial charge in [-0.2, -0.15) is 0 Å². The molecular weight excluding hydrogens is 408 g/mol. The largest absolute Gasteiger partial charge is 0.497 e. The van der Waals surface area contributed by atoms with Crippen LogP contribution in [0.25, 0.3) is 10.9 Å². The number of hydrogen-bond acceptors (Lipinski definition) is 3. The summed E-state index contributed by atoms with van der Waals surface area (Å²) >= 11 is 0. The number of ether oxygens (including phenoxy) is 1. The first-order valence-electron chi connectivity index (χ1n) is 12.3. The summed E-state index contributed by atoms with van der Waals surface area (Å²) in [5.41, 5.74) is 3.58. The van der Waals surface area contributed by atoms with Gasteiger partial charge in [0.15, 0.2) is 0 Å². The zero-order valence-electron chi connectivity index (χ0n) is 19.3. The maximum absolute atomic E-state index is 13.7. The van der Waals surface area contributed by atoms with Crippen LogP contribution in [0.4, 0.5) is 0 Å². The summed E-state index contributed by atoms with van der Waals surface area (Å²) in [6.45, 7) is 0.668. The molecule has 1 heterocycles. The molecule has 4 nitrogen and oxygen atoms in total. The topological polar surface area (TPSA) is 51.2 Å². The van der Waals surface area contributed by atoms with Gasteiger partial charge in [-0.1, -0.05) is 36.4 Å². The highest BCUT2D eigenvalue weighted by Gasteiger charge is 2.60. The van der Waals surface area contributed by atoms with E-state index >= 15 is 0 Å². The Morgan fingerprint density at radius 3 is 2.55 bits per heavy atom. The Bertz CT molecular complexity index is 1170. The number of nitrogens with one attached hydrogen (secondary N) is 1. The van der Waals surface area contributed by atoms with Gasteiger partial charge in [-0.25, -0.2) is 0 Å². The molecule has 4 aliphatic rings. The summed E-state index contributed by atoms with van der Waals surface area (Å²) in [6, 6.07) is 19.0. The van der Waals surface area contributed by atoms with E-state index in [-0.39, 0.29) is 16.7 Å². The van der Waals surface area contributed by atoms with Gasteiger partial charge in [0, 0.05) is 18.1 Å². The van der Waals surface area contributed by atoms with Gasteiger partial charge in [0.2, 0.25) is 5.91 Å². The summed E-state index contributed by atoms with van der Waals surface area (Å²) in [4.78, 5) is 18.2. The normalized spacial score (nSPS) is 29.8. The molecule has 4 saturated carbocycles. The summed E-state index contributed by atoms with van der Waals surface area (Å²) in [5.74, 6) is 2.52. The summed E-state index contributed by atoms with van der Waals surface area (Å²) in [7, 11) is 1.72. The highest BCUT2D eigenvalue weighted by atomic mass is 16.5. The van der Waals surface area contributed by atoms with Gasteiger partial charge in [0.1, 0.15) is 5.75 Å². The molecule has 4 bridgehead atoms. The van der Waals surface area contributed by atoms with Crippen molar-refractivity contribution in [1.82, 2.24) is 10.3 Å². The number of benzene rings is 2. The van der Waals surface area contributed by atoms with Crippen LogP contribution in [-0.4, -0.2) is 24.5 Å². The summed E-state index contributed by atoms with van der Waals surface area (Å²) in [6.07, 6.45) is 9.52. The van der Waals surface area contributed by atoms with Crippen LogP contribution >= 0.6 is 0 Å². The molecule has 4 fully saturated rings. The third kappa shape index (κ3) is 3.51. The van der Waals surface area contributed by atoms with Gasteiger partial charge < -0.3 is 10.1 Å². The Labute approximate surface area is 195 Å². The molecule has 0 saturated heterocycles. The van der Waals surface area contributed by atoms with Crippen LogP contribution in [0.1, 0.15) is 49.7 Å². The number of amides is 1. The minimum Gasteiger partial charge on any atom is -0.497 e. The molecule has 3 aromatic rings. The maximum atomic E-state index is 13.7. The smallest absolute Gasteiger partial charge is 0.226 e. The number of pyridine rings is 1. The van der Waals surface area contributed by atoms with Gasteiger partial charge in [-0.15, -0.1) is 0 Å².